The normalized spacial score (nSPS) is 17.5. The second-order valence-corrected chi connectivity index (χ2v) is 6.26. The van der Waals surface area contributed by atoms with Crippen molar-refractivity contribution in [1.82, 2.24) is 5.32 Å². The summed E-state index contributed by atoms with van der Waals surface area (Å²) in [4.78, 5) is 13.2. The fourth-order valence-corrected chi connectivity index (χ4v) is 3.16. The third kappa shape index (κ3) is 4.15. The maximum absolute atomic E-state index is 12.0. The third-order valence-corrected chi connectivity index (χ3v) is 4.56. The number of carbonyl (C=O) groups is 1. The number of rotatable bonds is 6. The van der Waals surface area contributed by atoms with Crippen molar-refractivity contribution in [1.29, 1.82) is 0 Å². The Morgan fingerprint density at radius 3 is 2.86 bits per heavy atom. The van der Waals surface area contributed by atoms with Crippen LogP contribution in [0.25, 0.3) is 0 Å². The maximum atomic E-state index is 12.0. The summed E-state index contributed by atoms with van der Waals surface area (Å²) in [5.74, 6) is 1.70. The van der Waals surface area contributed by atoms with Crippen LogP contribution >= 0.6 is 11.8 Å². The number of thioether (sulfide) groups is 1. The van der Waals surface area contributed by atoms with Crippen LogP contribution < -0.4 is 5.32 Å². The quantitative estimate of drug-likeness (QED) is 0.829. The van der Waals surface area contributed by atoms with Crippen molar-refractivity contribution in [2.75, 3.05) is 13.2 Å². The highest BCUT2D eigenvalue weighted by Crippen LogP contribution is 2.23. The van der Waals surface area contributed by atoms with Gasteiger partial charge in [-0.05, 0) is 37.1 Å². The van der Waals surface area contributed by atoms with Gasteiger partial charge in [0.05, 0.1) is 11.9 Å². The van der Waals surface area contributed by atoms with E-state index in [1.165, 1.54) is 4.90 Å². The lowest BCUT2D eigenvalue weighted by Crippen LogP contribution is -2.31. The van der Waals surface area contributed by atoms with Crippen molar-refractivity contribution in [2.24, 2.45) is 0 Å². The molecule has 1 atom stereocenters. The number of carbonyl (C=O) groups excluding carboxylic acids is 1. The highest BCUT2D eigenvalue weighted by molar-refractivity contribution is 7.98. The number of ether oxygens (including phenoxy) is 1. The predicted molar refractivity (Wildman–Crippen MR) is 86.0 cm³/mol. The third-order valence-electron chi connectivity index (χ3n) is 3.52. The molecule has 0 radical (unpaired) electrons. The summed E-state index contributed by atoms with van der Waals surface area (Å²) in [5, 5.41) is 2.86. The average Bonchev–Trinajstić information content (AvgIpc) is 3.23. The van der Waals surface area contributed by atoms with E-state index in [-0.39, 0.29) is 12.0 Å². The van der Waals surface area contributed by atoms with E-state index in [4.69, 9.17) is 9.15 Å². The van der Waals surface area contributed by atoms with Gasteiger partial charge in [0.1, 0.15) is 5.76 Å². The lowest BCUT2D eigenvalue weighted by atomic mass is 10.2. The van der Waals surface area contributed by atoms with Crippen LogP contribution in [0.3, 0.4) is 0 Å². The molecule has 0 aliphatic carbocycles. The van der Waals surface area contributed by atoms with E-state index in [0.717, 1.165) is 25.2 Å². The van der Waals surface area contributed by atoms with Crippen LogP contribution in [0.2, 0.25) is 0 Å². The van der Waals surface area contributed by atoms with Gasteiger partial charge in [-0.15, -0.1) is 11.8 Å². The fraction of sp³-hybridized carbons (Fsp3) is 0.353. The first-order chi connectivity index (χ1) is 10.8. The monoisotopic (exact) mass is 317 g/mol. The molecule has 3 rings (SSSR count). The number of amides is 1. The predicted octanol–water partition coefficient (Wildman–Crippen LogP) is 3.48. The summed E-state index contributed by atoms with van der Waals surface area (Å²) in [6.07, 6.45) is 2.23. The zero-order valence-electron chi connectivity index (χ0n) is 12.3. The molecule has 1 aliphatic rings. The minimum absolute atomic E-state index is 0.145. The Balaban J connectivity index is 1.48. The number of hydrogen-bond donors (Lipinski definition) is 1. The summed E-state index contributed by atoms with van der Waals surface area (Å²) in [6, 6.07) is 13.7. The second kappa shape index (κ2) is 7.51. The van der Waals surface area contributed by atoms with E-state index in [0.29, 0.717) is 18.1 Å². The fourth-order valence-electron chi connectivity index (χ4n) is 2.35. The number of nitrogens with one attached hydrogen (secondary N) is 1. The molecule has 1 aromatic heterocycles. The molecular formula is C17H19NO3S. The highest BCUT2D eigenvalue weighted by atomic mass is 32.2. The van der Waals surface area contributed by atoms with Crippen LogP contribution in [0, 0.1) is 0 Å². The van der Waals surface area contributed by atoms with Gasteiger partial charge >= 0.3 is 0 Å². The van der Waals surface area contributed by atoms with Crippen LogP contribution in [0.5, 0.6) is 0 Å². The van der Waals surface area contributed by atoms with Crippen molar-refractivity contribution in [3.8, 4) is 0 Å². The van der Waals surface area contributed by atoms with E-state index in [2.05, 4.69) is 17.4 Å². The largest absolute Gasteiger partial charge is 0.455 e. The molecule has 2 heterocycles. The van der Waals surface area contributed by atoms with Gasteiger partial charge in [-0.1, -0.05) is 18.2 Å². The lowest BCUT2D eigenvalue weighted by Gasteiger charge is -2.09. The van der Waals surface area contributed by atoms with Crippen molar-refractivity contribution in [3.05, 3.63) is 54.0 Å². The molecule has 1 fully saturated rings. The van der Waals surface area contributed by atoms with Gasteiger partial charge in [0, 0.05) is 18.0 Å². The number of furan rings is 1. The van der Waals surface area contributed by atoms with Gasteiger partial charge in [-0.3, -0.25) is 4.79 Å². The van der Waals surface area contributed by atoms with Crippen molar-refractivity contribution in [3.63, 3.8) is 0 Å². The minimum atomic E-state index is -0.175. The maximum Gasteiger partial charge on any atom is 0.287 e. The molecule has 2 aromatic rings. The molecule has 1 amide bonds. The molecule has 1 aliphatic heterocycles. The van der Waals surface area contributed by atoms with Crippen LogP contribution in [-0.4, -0.2) is 25.2 Å². The summed E-state index contributed by atoms with van der Waals surface area (Å²) < 4.78 is 11.1. The minimum Gasteiger partial charge on any atom is -0.455 e. The van der Waals surface area contributed by atoms with Crippen LogP contribution in [0.1, 0.15) is 29.2 Å². The number of hydrogen-bond acceptors (Lipinski definition) is 4. The Kier molecular flexibility index (Phi) is 5.19. The Labute approximate surface area is 134 Å². The molecule has 1 N–H and O–H groups in total. The molecule has 0 saturated carbocycles. The van der Waals surface area contributed by atoms with E-state index in [1.807, 2.05) is 24.3 Å². The summed E-state index contributed by atoms with van der Waals surface area (Å²) in [6.45, 7) is 1.34. The standard InChI is InChI=1S/C17H19NO3S/c19-17(18-11-13-5-4-10-20-13)16-9-8-14(21-16)12-22-15-6-2-1-3-7-15/h1-3,6-9,13H,4-5,10-12H2,(H,18,19)/t13-/m1/s1. The highest BCUT2D eigenvalue weighted by Gasteiger charge is 2.18. The van der Waals surface area contributed by atoms with Gasteiger partial charge in [-0.2, -0.15) is 0 Å². The van der Waals surface area contributed by atoms with Crippen LogP contribution in [-0.2, 0) is 10.5 Å². The van der Waals surface area contributed by atoms with E-state index < -0.39 is 0 Å². The zero-order valence-corrected chi connectivity index (χ0v) is 13.1. The van der Waals surface area contributed by atoms with Gasteiger partial charge < -0.3 is 14.5 Å². The van der Waals surface area contributed by atoms with Gasteiger partial charge in [0.25, 0.3) is 5.91 Å². The zero-order chi connectivity index (χ0) is 15.2. The Morgan fingerprint density at radius 2 is 2.09 bits per heavy atom. The molecule has 0 spiro atoms. The number of benzene rings is 1. The SMILES string of the molecule is O=C(NC[C@H]1CCCO1)c1ccc(CSc2ccccc2)o1. The summed E-state index contributed by atoms with van der Waals surface area (Å²) >= 11 is 1.69. The molecule has 116 valence electrons. The summed E-state index contributed by atoms with van der Waals surface area (Å²) in [7, 11) is 0. The smallest absolute Gasteiger partial charge is 0.287 e. The first-order valence-electron chi connectivity index (χ1n) is 7.47. The van der Waals surface area contributed by atoms with Crippen molar-refractivity contribution in [2.45, 2.75) is 29.6 Å². The molecule has 1 saturated heterocycles. The molecule has 1 aromatic carbocycles. The Morgan fingerprint density at radius 1 is 1.23 bits per heavy atom. The summed E-state index contributed by atoms with van der Waals surface area (Å²) in [5.41, 5.74) is 0. The second-order valence-electron chi connectivity index (χ2n) is 5.21. The average molecular weight is 317 g/mol. The van der Waals surface area contributed by atoms with Crippen LogP contribution in [0.4, 0.5) is 0 Å². The molecule has 22 heavy (non-hydrogen) atoms. The van der Waals surface area contributed by atoms with Gasteiger partial charge in [-0.25, -0.2) is 0 Å². The Hall–Kier alpha value is -1.72. The van der Waals surface area contributed by atoms with Gasteiger partial charge in [0.2, 0.25) is 0 Å². The van der Waals surface area contributed by atoms with Crippen LogP contribution in [0.15, 0.2) is 51.8 Å². The van der Waals surface area contributed by atoms with E-state index in [9.17, 15) is 4.79 Å². The lowest BCUT2D eigenvalue weighted by molar-refractivity contribution is 0.0834. The molecule has 5 heteroatoms. The first kappa shape index (κ1) is 15.2. The Bertz CT molecular complexity index is 605. The van der Waals surface area contributed by atoms with E-state index in [1.54, 1.807) is 17.8 Å². The molecule has 0 bridgehead atoms. The first-order valence-corrected chi connectivity index (χ1v) is 8.46. The van der Waals surface area contributed by atoms with Crippen molar-refractivity contribution < 1.29 is 13.9 Å². The molecule has 4 nitrogen and oxygen atoms in total. The van der Waals surface area contributed by atoms with Gasteiger partial charge in [0.15, 0.2) is 5.76 Å². The van der Waals surface area contributed by atoms with Crippen molar-refractivity contribution >= 4 is 17.7 Å². The molecule has 0 unspecified atom stereocenters. The molecular weight excluding hydrogens is 298 g/mol. The van der Waals surface area contributed by atoms with E-state index >= 15 is 0 Å². The topological polar surface area (TPSA) is 51.5 Å².